The summed E-state index contributed by atoms with van der Waals surface area (Å²) in [6.45, 7) is 1.15. The molecule has 150 valence electrons. The van der Waals surface area contributed by atoms with Gasteiger partial charge in [-0.25, -0.2) is 12.8 Å². The van der Waals surface area contributed by atoms with Crippen molar-refractivity contribution in [2.45, 2.75) is 10.9 Å². The molecule has 0 spiro atoms. The average molecular weight is 405 g/mol. The van der Waals surface area contributed by atoms with Crippen molar-refractivity contribution in [3.05, 3.63) is 66.0 Å². The van der Waals surface area contributed by atoms with Crippen LogP contribution < -0.4 is 0 Å². The second-order valence-electron chi connectivity index (χ2n) is 6.92. The lowest BCUT2D eigenvalue weighted by Crippen LogP contribution is -2.52. The Bertz CT molecular complexity index is 927. The van der Waals surface area contributed by atoms with E-state index in [1.54, 1.807) is 19.0 Å². The number of halogens is 1. The van der Waals surface area contributed by atoms with Crippen LogP contribution in [0.5, 0.6) is 0 Å². The Balaban J connectivity index is 1.79. The number of amides is 1. The number of piperazine rings is 1. The van der Waals surface area contributed by atoms with Crippen LogP contribution in [0.15, 0.2) is 59.5 Å². The number of likely N-dealkylation sites (N-methyl/N-ethyl adjacent to an activating group) is 1. The van der Waals surface area contributed by atoms with Crippen molar-refractivity contribution in [1.82, 2.24) is 14.1 Å². The van der Waals surface area contributed by atoms with Crippen LogP contribution in [-0.2, 0) is 14.8 Å². The minimum Gasteiger partial charge on any atom is -0.347 e. The third-order valence-corrected chi connectivity index (χ3v) is 6.81. The molecule has 1 fully saturated rings. The van der Waals surface area contributed by atoms with Gasteiger partial charge in [0.15, 0.2) is 0 Å². The van der Waals surface area contributed by atoms with Crippen LogP contribution in [0.25, 0.3) is 0 Å². The quantitative estimate of drug-likeness (QED) is 0.763. The van der Waals surface area contributed by atoms with Gasteiger partial charge in [-0.05, 0) is 17.7 Å². The lowest BCUT2D eigenvalue weighted by molar-refractivity contribution is -0.135. The molecule has 0 aliphatic carbocycles. The van der Waals surface area contributed by atoms with Crippen LogP contribution in [0.3, 0.4) is 0 Å². The number of hydrogen-bond acceptors (Lipinski definition) is 4. The molecular weight excluding hydrogens is 381 g/mol. The summed E-state index contributed by atoms with van der Waals surface area (Å²) in [4.78, 5) is 16.0. The zero-order chi connectivity index (χ0) is 20.3. The highest BCUT2D eigenvalue weighted by Gasteiger charge is 2.35. The zero-order valence-electron chi connectivity index (χ0n) is 16.0. The average Bonchev–Trinajstić information content (AvgIpc) is 2.69. The van der Waals surface area contributed by atoms with Gasteiger partial charge in [0.25, 0.3) is 0 Å². The molecule has 28 heavy (non-hydrogen) atoms. The van der Waals surface area contributed by atoms with Crippen molar-refractivity contribution in [1.29, 1.82) is 0 Å². The van der Waals surface area contributed by atoms with E-state index in [2.05, 4.69) is 0 Å². The summed E-state index contributed by atoms with van der Waals surface area (Å²) < 4.78 is 40.9. The Kier molecular flexibility index (Phi) is 6.12. The maximum absolute atomic E-state index is 14.0. The Morgan fingerprint density at radius 3 is 2.11 bits per heavy atom. The molecule has 1 heterocycles. The van der Waals surface area contributed by atoms with Crippen molar-refractivity contribution < 1.29 is 17.6 Å². The zero-order valence-corrected chi connectivity index (χ0v) is 16.8. The Hall–Kier alpha value is -2.29. The van der Waals surface area contributed by atoms with Gasteiger partial charge in [-0.1, -0.05) is 42.5 Å². The predicted molar refractivity (Wildman–Crippen MR) is 105 cm³/mol. The van der Waals surface area contributed by atoms with Gasteiger partial charge in [0.05, 0.1) is 0 Å². The second kappa shape index (κ2) is 8.38. The molecule has 3 rings (SSSR count). The number of hydrogen-bond donors (Lipinski definition) is 0. The van der Waals surface area contributed by atoms with Crippen molar-refractivity contribution in [3.63, 3.8) is 0 Å². The fourth-order valence-electron chi connectivity index (χ4n) is 3.38. The molecule has 1 aliphatic rings. The molecule has 1 saturated heterocycles. The number of nitrogens with zero attached hydrogens (tertiary/aromatic N) is 3. The number of rotatable bonds is 5. The van der Waals surface area contributed by atoms with Gasteiger partial charge in [-0.15, -0.1) is 0 Å². The fraction of sp³-hybridized carbons (Fsp3) is 0.350. The minimum atomic E-state index is -3.91. The third-order valence-electron chi connectivity index (χ3n) is 4.88. The molecule has 2 aromatic carbocycles. The van der Waals surface area contributed by atoms with E-state index in [1.165, 1.54) is 22.5 Å². The first-order valence-corrected chi connectivity index (χ1v) is 10.5. The summed E-state index contributed by atoms with van der Waals surface area (Å²) in [6.07, 6.45) is 0. The Morgan fingerprint density at radius 1 is 0.964 bits per heavy atom. The largest absolute Gasteiger partial charge is 0.347 e. The standard InChI is InChI=1S/C20H24FN3O3S/c1-22(2)20(25)19(16-8-4-3-5-9-16)23-12-14-24(15-13-23)28(26,27)18-11-7-6-10-17(18)21/h3-11,19H,12-15H2,1-2H3/t19-/m0/s1. The first-order valence-electron chi connectivity index (χ1n) is 9.07. The molecule has 0 radical (unpaired) electrons. The molecule has 0 aromatic heterocycles. The van der Waals surface area contributed by atoms with Gasteiger partial charge in [0.1, 0.15) is 16.8 Å². The third kappa shape index (κ3) is 4.09. The van der Waals surface area contributed by atoms with E-state index in [1.807, 2.05) is 35.2 Å². The van der Waals surface area contributed by atoms with E-state index >= 15 is 0 Å². The van der Waals surface area contributed by atoms with E-state index in [4.69, 9.17) is 0 Å². The van der Waals surface area contributed by atoms with Crippen LogP contribution in [0.4, 0.5) is 4.39 Å². The number of benzene rings is 2. The second-order valence-corrected chi connectivity index (χ2v) is 8.82. The first kappa shape index (κ1) is 20.4. The molecular formula is C20H24FN3O3S. The lowest BCUT2D eigenvalue weighted by atomic mass is 10.0. The first-order chi connectivity index (χ1) is 13.3. The summed E-state index contributed by atoms with van der Waals surface area (Å²) in [5.74, 6) is -0.813. The summed E-state index contributed by atoms with van der Waals surface area (Å²) in [5, 5.41) is 0. The van der Waals surface area contributed by atoms with Crippen molar-refractivity contribution >= 4 is 15.9 Å². The molecule has 2 aromatic rings. The summed E-state index contributed by atoms with van der Waals surface area (Å²) >= 11 is 0. The number of carbonyl (C=O) groups is 1. The summed E-state index contributed by atoms with van der Waals surface area (Å²) in [5.41, 5.74) is 0.867. The van der Waals surface area contributed by atoms with E-state index in [0.717, 1.165) is 11.6 Å². The van der Waals surface area contributed by atoms with Crippen LogP contribution in [0.2, 0.25) is 0 Å². The van der Waals surface area contributed by atoms with Gasteiger partial charge in [0.2, 0.25) is 15.9 Å². The maximum atomic E-state index is 14.0. The van der Waals surface area contributed by atoms with Gasteiger partial charge < -0.3 is 4.90 Å². The van der Waals surface area contributed by atoms with E-state index in [9.17, 15) is 17.6 Å². The topological polar surface area (TPSA) is 60.9 Å². The molecule has 0 saturated carbocycles. The normalized spacial score (nSPS) is 17.2. The molecule has 1 atom stereocenters. The smallest absolute Gasteiger partial charge is 0.246 e. The number of sulfonamides is 1. The lowest BCUT2D eigenvalue weighted by Gasteiger charge is -2.39. The monoisotopic (exact) mass is 405 g/mol. The van der Waals surface area contributed by atoms with Crippen LogP contribution in [-0.4, -0.2) is 68.7 Å². The highest BCUT2D eigenvalue weighted by Crippen LogP contribution is 2.26. The molecule has 6 nitrogen and oxygen atoms in total. The van der Waals surface area contributed by atoms with E-state index in [-0.39, 0.29) is 23.9 Å². The number of carbonyl (C=O) groups excluding carboxylic acids is 1. The van der Waals surface area contributed by atoms with Crippen LogP contribution in [0.1, 0.15) is 11.6 Å². The van der Waals surface area contributed by atoms with Crippen molar-refractivity contribution in [3.8, 4) is 0 Å². The minimum absolute atomic E-state index is 0.0587. The molecule has 0 N–H and O–H groups in total. The predicted octanol–water partition coefficient (Wildman–Crippen LogP) is 1.96. The molecule has 1 amide bonds. The fourth-order valence-corrected chi connectivity index (χ4v) is 4.87. The highest BCUT2D eigenvalue weighted by atomic mass is 32.2. The van der Waals surface area contributed by atoms with E-state index in [0.29, 0.717) is 13.1 Å². The Morgan fingerprint density at radius 2 is 1.54 bits per heavy atom. The van der Waals surface area contributed by atoms with Crippen molar-refractivity contribution in [2.75, 3.05) is 40.3 Å². The molecule has 1 aliphatic heterocycles. The van der Waals surface area contributed by atoms with Gasteiger partial charge >= 0.3 is 0 Å². The molecule has 0 unspecified atom stereocenters. The maximum Gasteiger partial charge on any atom is 0.246 e. The van der Waals surface area contributed by atoms with Gasteiger partial charge in [-0.3, -0.25) is 9.69 Å². The van der Waals surface area contributed by atoms with E-state index < -0.39 is 21.9 Å². The van der Waals surface area contributed by atoms with Gasteiger partial charge in [0, 0.05) is 40.3 Å². The SMILES string of the molecule is CN(C)C(=O)[C@H](c1ccccc1)N1CCN(S(=O)(=O)c2ccccc2F)CC1. The summed E-state index contributed by atoms with van der Waals surface area (Å²) in [7, 11) is -0.496. The van der Waals surface area contributed by atoms with Gasteiger partial charge in [-0.2, -0.15) is 4.31 Å². The van der Waals surface area contributed by atoms with Crippen LogP contribution in [0, 0.1) is 5.82 Å². The van der Waals surface area contributed by atoms with Crippen LogP contribution >= 0.6 is 0 Å². The highest BCUT2D eigenvalue weighted by molar-refractivity contribution is 7.89. The Labute approximate surface area is 165 Å². The summed E-state index contributed by atoms with van der Waals surface area (Å²) in [6, 6.07) is 14.4. The van der Waals surface area contributed by atoms with Crippen molar-refractivity contribution in [2.24, 2.45) is 0 Å². The molecule has 0 bridgehead atoms. The molecule has 8 heteroatoms.